The van der Waals surface area contributed by atoms with E-state index in [1.54, 1.807) is 0 Å². The van der Waals surface area contributed by atoms with Gasteiger partial charge in [-0.25, -0.2) is 8.78 Å². The summed E-state index contributed by atoms with van der Waals surface area (Å²) in [6.45, 7) is 3.66. The van der Waals surface area contributed by atoms with Gasteiger partial charge in [-0.2, -0.15) is 0 Å². The first kappa shape index (κ1) is 10.6. The summed E-state index contributed by atoms with van der Waals surface area (Å²) in [6, 6.07) is 3.88. The first-order valence-corrected chi connectivity index (χ1v) is 5.06. The van der Waals surface area contributed by atoms with Crippen LogP contribution in [0.15, 0.2) is 18.2 Å². The van der Waals surface area contributed by atoms with E-state index in [9.17, 15) is 13.9 Å². The molecule has 0 spiro atoms. The zero-order valence-corrected chi connectivity index (χ0v) is 8.80. The minimum absolute atomic E-state index is 0.118. The van der Waals surface area contributed by atoms with Crippen LogP contribution in [-0.4, -0.2) is 11.2 Å². The maximum Gasteiger partial charge on any atom is 0.129 e. The highest BCUT2D eigenvalue weighted by Crippen LogP contribution is 2.53. The van der Waals surface area contributed by atoms with Crippen LogP contribution >= 0.6 is 0 Å². The van der Waals surface area contributed by atoms with Crippen LogP contribution in [0.25, 0.3) is 0 Å². The summed E-state index contributed by atoms with van der Waals surface area (Å²) >= 11 is 0. The van der Waals surface area contributed by atoms with E-state index >= 15 is 0 Å². The second kappa shape index (κ2) is 3.27. The van der Waals surface area contributed by atoms with Crippen molar-refractivity contribution in [2.24, 2.45) is 5.41 Å². The van der Waals surface area contributed by atoms with Crippen molar-refractivity contribution >= 4 is 0 Å². The normalized spacial score (nSPS) is 28.6. The van der Waals surface area contributed by atoms with Gasteiger partial charge < -0.3 is 5.11 Å². The monoisotopic (exact) mass is 212 g/mol. The molecule has 0 aliphatic heterocycles. The van der Waals surface area contributed by atoms with Gasteiger partial charge >= 0.3 is 0 Å². The Morgan fingerprint density at radius 3 is 2.20 bits per heavy atom. The molecule has 1 aromatic rings. The Labute approximate surface area is 87.7 Å². The topological polar surface area (TPSA) is 20.2 Å². The fourth-order valence-corrected chi connectivity index (χ4v) is 2.24. The molecule has 2 rings (SSSR count). The highest BCUT2D eigenvalue weighted by molar-refractivity contribution is 5.29. The smallest absolute Gasteiger partial charge is 0.129 e. The predicted molar refractivity (Wildman–Crippen MR) is 53.5 cm³/mol. The molecule has 82 valence electrons. The number of halogens is 2. The molecule has 1 aromatic carbocycles. The standard InChI is InChI=1S/C12H14F2O/c1-12(2)7(6-10(12)15)11-8(13)4-3-5-9(11)14/h3-5,7,10,15H,6H2,1-2H3. The van der Waals surface area contributed by atoms with Gasteiger partial charge in [0.2, 0.25) is 0 Å². The van der Waals surface area contributed by atoms with Crippen LogP contribution in [0.2, 0.25) is 0 Å². The van der Waals surface area contributed by atoms with Crippen LogP contribution in [-0.2, 0) is 0 Å². The number of benzene rings is 1. The summed E-state index contributed by atoms with van der Waals surface area (Å²) in [5, 5.41) is 9.54. The predicted octanol–water partition coefficient (Wildman–Crippen LogP) is 2.84. The van der Waals surface area contributed by atoms with Gasteiger partial charge in [-0.05, 0) is 29.9 Å². The van der Waals surface area contributed by atoms with Gasteiger partial charge in [0.1, 0.15) is 11.6 Å². The van der Waals surface area contributed by atoms with Crippen molar-refractivity contribution in [2.45, 2.75) is 32.3 Å². The van der Waals surface area contributed by atoms with E-state index in [2.05, 4.69) is 0 Å². The van der Waals surface area contributed by atoms with Crippen LogP contribution < -0.4 is 0 Å². The fourth-order valence-electron chi connectivity index (χ4n) is 2.24. The third-order valence-electron chi connectivity index (χ3n) is 3.56. The van der Waals surface area contributed by atoms with Crippen LogP contribution in [0.4, 0.5) is 8.78 Å². The molecule has 1 fully saturated rings. The second-order valence-corrected chi connectivity index (χ2v) is 4.76. The maximum atomic E-state index is 13.5. The number of hydrogen-bond donors (Lipinski definition) is 1. The minimum atomic E-state index is -0.514. The summed E-state index contributed by atoms with van der Waals surface area (Å²) in [6.07, 6.45) is -0.0355. The molecule has 1 aliphatic rings. The molecule has 1 aliphatic carbocycles. The van der Waals surface area contributed by atoms with Crippen molar-refractivity contribution in [1.29, 1.82) is 0 Å². The summed E-state index contributed by atoms with van der Waals surface area (Å²) in [4.78, 5) is 0. The molecule has 2 atom stereocenters. The highest BCUT2D eigenvalue weighted by atomic mass is 19.1. The van der Waals surface area contributed by atoms with Gasteiger partial charge in [0, 0.05) is 5.56 Å². The van der Waals surface area contributed by atoms with Crippen molar-refractivity contribution in [2.75, 3.05) is 0 Å². The van der Waals surface area contributed by atoms with Gasteiger partial charge in [-0.1, -0.05) is 19.9 Å². The molecule has 0 heterocycles. The van der Waals surface area contributed by atoms with Crippen molar-refractivity contribution in [1.82, 2.24) is 0 Å². The number of aliphatic hydroxyl groups is 1. The lowest BCUT2D eigenvalue weighted by atomic mass is 9.57. The van der Waals surface area contributed by atoms with Crippen molar-refractivity contribution in [3.05, 3.63) is 35.4 Å². The molecule has 0 amide bonds. The highest BCUT2D eigenvalue weighted by Gasteiger charge is 2.49. The Balaban J connectivity index is 2.40. The lowest BCUT2D eigenvalue weighted by Gasteiger charge is -2.49. The van der Waals surface area contributed by atoms with E-state index in [4.69, 9.17) is 0 Å². The van der Waals surface area contributed by atoms with Crippen LogP contribution in [0.3, 0.4) is 0 Å². The molecule has 1 N–H and O–H groups in total. The number of rotatable bonds is 1. The second-order valence-electron chi connectivity index (χ2n) is 4.76. The average Bonchev–Trinajstić information content (AvgIpc) is 2.16. The van der Waals surface area contributed by atoms with E-state index in [0.717, 1.165) is 0 Å². The van der Waals surface area contributed by atoms with E-state index in [-0.39, 0.29) is 11.5 Å². The first-order chi connectivity index (χ1) is 6.94. The minimum Gasteiger partial charge on any atom is -0.393 e. The molecule has 0 aromatic heterocycles. The Kier molecular flexibility index (Phi) is 2.30. The molecule has 1 nitrogen and oxygen atoms in total. The van der Waals surface area contributed by atoms with Gasteiger partial charge in [0.15, 0.2) is 0 Å². The Bertz CT molecular complexity index is 367. The summed E-state index contributed by atoms with van der Waals surface area (Å²) < 4.78 is 26.9. The van der Waals surface area contributed by atoms with Crippen molar-refractivity contribution in [3.63, 3.8) is 0 Å². The van der Waals surface area contributed by atoms with Crippen molar-refractivity contribution in [3.8, 4) is 0 Å². The molecule has 3 heteroatoms. The molecule has 15 heavy (non-hydrogen) atoms. The average molecular weight is 212 g/mol. The van der Waals surface area contributed by atoms with Gasteiger partial charge in [-0.3, -0.25) is 0 Å². The van der Waals surface area contributed by atoms with Crippen molar-refractivity contribution < 1.29 is 13.9 Å². The summed E-state index contributed by atoms with van der Waals surface area (Å²) in [5.41, 5.74) is -0.323. The summed E-state index contributed by atoms with van der Waals surface area (Å²) in [7, 11) is 0. The molecule has 0 radical (unpaired) electrons. The van der Waals surface area contributed by atoms with E-state index in [1.165, 1.54) is 18.2 Å². The molecule has 2 unspecified atom stereocenters. The SMILES string of the molecule is CC1(C)C(O)CC1c1c(F)cccc1F. The largest absolute Gasteiger partial charge is 0.393 e. The lowest BCUT2D eigenvalue weighted by Crippen LogP contribution is -2.47. The molecule has 0 bridgehead atoms. The molecular weight excluding hydrogens is 198 g/mol. The Morgan fingerprint density at radius 2 is 1.80 bits per heavy atom. The third-order valence-corrected chi connectivity index (χ3v) is 3.56. The van der Waals surface area contributed by atoms with Crippen LogP contribution in [0.1, 0.15) is 31.7 Å². The zero-order valence-electron chi connectivity index (χ0n) is 8.80. The van der Waals surface area contributed by atoms with Gasteiger partial charge in [-0.15, -0.1) is 0 Å². The molecule has 1 saturated carbocycles. The number of hydrogen-bond acceptors (Lipinski definition) is 1. The van der Waals surface area contributed by atoms with E-state index in [0.29, 0.717) is 6.42 Å². The molecular formula is C12H14F2O. The van der Waals surface area contributed by atoms with E-state index in [1.807, 2.05) is 13.8 Å². The number of aliphatic hydroxyl groups excluding tert-OH is 1. The first-order valence-electron chi connectivity index (χ1n) is 5.06. The lowest BCUT2D eigenvalue weighted by molar-refractivity contribution is -0.0646. The third kappa shape index (κ3) is 1.46. The maximum absolute atomic E-state index is 13.5. The Hall–Kier alpha value is -0.960. The quantitative estimate of drug-likeness (QED) is 0.759. The van der Waals surface area contributed by atoms with Crippen LogP contribution in [0.5, 0.6) is 0 Å². The van der Waals surface area contributed by atoms with E-state index < -0.39 is 23.2 Å². The zero-order chi connectivity index (χ0) is 11.2. The molecule has 0 saturated heterocycles. The van der Waals surface area contributed by atoms with Gasteiger partial charge in [0.25, 0.3) is 0 Å². The fraction of sp³-hybridized carbons (Fsp3) is 0.500. The van der Waals surface area contributed by atoms with Crippen LogP contribution in [0, 0.1) is 17.0 Å². The van der Waals surface area contributed by atoms with Gasteiger partial charge in [0.05, 0.1) is 6.10 Å². The Morgan fingerprint density at radius 1 is 1.27 bits per heavy atom. The summed E-state index contributed by atoms with van der Waals surface area (Å²) in [5.74, 6) is -1.26.